The van der Waals surface area contributed by atoms with E-state index in [9.17, 15) is 19.4 Å². The Labute approximate surface area is 520 Å². The molecule has 9 heteroatoms. The normalized spacial score (nSPS) is 13.5. The summed E-state index contributed by atoms with van der Waals surface area (Å²) >= 11 is 0. The number of nitrogens with one attached hydrogen (secondary N) is 1. The van der Waals surface area contributed by atoms with Crippen molar-refractivity contribution in [2.75, 3.05) is 40.9 Å². The molecule has 0 fully saturated rings. The topological polar surface area (TPSA) is 108 Å². The zero-order valence-corrected chi connectivity index (χ0v) is 58.1. The Kier molecular flexibility index (Phi) is 65.5. The van der Waals surface area contributed by atoms with E-state index >= 15 is 0 Å². The molecule has 0 aromatic carbocycles. The van der Waals surface area contributed by atoms with Crippen molar-refractivity contribution in [1.29, 1.82) is 0 Å². The van der Waals surface area contributed by atoms with Crippen molar-refractivity contribution < 1.29 is 32.9 Å². The summed E-state index contributed by atoms with van der Waals surface area (Å²) in [6.45, 7) is 4.80. The number of phosphoric acid groups is 1. The molecule has 0 saturated heterocycles. The summed E-state index contributed by atoms with van der Waals surface area (Å²) in [5, 5.41) is 14.1. The predicted molar refractivity (Wildman–Crippen MR) is 363 cm³/mol. The Hall–Kier alpha value is -0.500. The first-order chi connectivity index (χ1) is 40.5. The molecule has 498 valence electrons. The molecule has 0 radical (unpaired) electrons. The van der Waals surface area contributed by atoms with Gasteiger partial charge in [0.05, 0.1) is 39.9 Å². The number of aliphatic hydroxyl groups is 1. The van der Waals surface area contributed by atoms with E-state index in [0.717, 1.165) is 38.5 Å². The summed E-state index contributed by atoms with van der Waals surface area (Å²) in [6, 6.07) is -0.797. The first kappa shape index (κ1) is 82.5. The van der Waals surface area contributed by atoms with Crippen LogP contribution in [0.4, 0.5) is 0 Å². The Morgan fingerprint density at radius 3 is 0.819 bits per heavy atom. The van der Waals surface area contributed by atoms with Crippen molar-refractivity contribution >= 4 is 13.7 Å². The zero-order chi connectivity index (χ0) is 60.5. The van der Waals surface area contributed by atoms with Gasteiger partial charge in [-0.15, -0.1) is 0 Å². The van der Waals surface area contributed by atoms with Crippen LogP contribution in [-0.4, -0.2) is 68.5 Å². The second-order valence-electron chi connectivity index (χ2n) is 27.7. The zero-order valence-electron chi connectivity index (χ0n) is 57.2. The number of quaternary nitrogens is 1. The largest absolute Gasteiger partial charge is 0.756 e. The van der Waals surface area contributed by atoms with E-state index in [0.29, 0.717) is 23.9 Å². The molecule has 0 aliphatic carbocycles. The van der Waals surface area contributed by atoms with Crippen LogP contribution in [0.1, 0.15) is 418 Å². The van der Waals surface area contributed by atoms with Crippen LogP contribution in [0.25, 0.3) is 0 Å². The van der Waals surface area contributed by atoms with Gasteiger partial charge in [0.15, 0.2) is 0 Å². The molecule has 83 heavy (non-hydrogen) atoms. The van der Waals surface area contributed by atoms with E-state index in [-0.39, 0.29) is 19.1 Å². The third kappa shape index (κ3) is 68.8. The molecule has 0 heterocycles. The van der Waals surface area contributed by atoms with Gasteiger partial charge >= 0.3 is 0 Å². The quantitative estimate of drug-likeness (QED) is 0.0357. The summed E-state index contributed by atoms with van der Waals surface area (Å²) in [7, 11) is 1.33. The van der Waals surface area contributed by atoms with E-state index < -0.39 is 20.0 Å². The van der Waals surface area contributed by atoms with Crippen molar-refractivity contribution in [3.8, 4) is 0 Å². The van der Waals surface area contributed by atoms with E-state index in [4.69, 9.17) is 9.05 Å². The lowest BCUT2D eigenvalue weighted by Crippen LogP contribution is -2.46. The number of likely N-dealkylation sites (N-methyl/N-ethyl adjacent to an activating group) is 1. The van der Waals surface area contributed by atoms with Gasteiger partial charge in [-0.2, -0.15) is 0 Å². The third-order valence-corrected chi connectivity index (χ3v) is 19.1. The molecule has 0 aliphatic heterocycles. The fourth-order valence-corrected chi connectivity index (χ4v) is 12.9. The number of carbonyl (C=O) groups excluding carboxylic acids is 1. The molecular formula is C74H151N2O6P. The van der Waals surface area contributed by atoms with E-state index in [2.05, 4.69) is 19.2 Å². The van der Waals surface area contributed by atoms with Gasteiger partial charge in [-0.05, 0) is 12.8 Å². The molecule has 0 aliphatic rings. The lowest BCUT2D eigenvalue weighted by Gasteiger charge is -2.30. The summed E-state index contributed by atoms with van der Waals surface area (Å²) in [5.41, 5.74) is 0. The average Bonchev–Trinajstić information content (AvgIpc) is 3.50. The van der Waals surface area contributed by atoms with Crippen molar-refractivity contribution in [2.24, 2.45) is 0 Å². The highest BCUT2D eigenvalue weighted by Gasteiger charge is 2.24. The Bertz CT molecular complexity index is 1310. The highest BCUT2D eigenvalue weighted by atomic mass is 31.2. The van der Waals surface area contributed by atoms with Crippen LogP contribution in [0.2, 0.25) is 0 Å². The van der Waals surface area contributed by atoms with Crippen LogP contribution >= 0.6 is 7.82 Å². The summed E-state index contributed by atoms with van der Waals surface area (Å²) in [4.78, 5) is 25.7. The van der Waals surface area contributed by atoms with Gasteiger partial charge in [-0.25, -0.2) is 0 Å². The van der Waals surface area contributed by atoms with Crippen LogP contribution in [-0.2, 0) is 18.4 Å². The molecule has 0 aromatic heterocycles. The molecular weight excluding hydrogens is 1040 g/mol. The second kappa shape index (κ2) is 65.9. The van der Waals surface area contributed by atoms with Gasteiger partial charge < -0.3 is 28.8 Å². The summed E-state index contributed by atoms with van der Waals surface area (Å²) in [5.74, 6) is -0.153. The number of hydrogen-bond donors (Lipinski definition) is 2. The van der Waals surface area contributed by atoms with Crippen molar-refractivity contribution in [3.05, 3.63) is 0 Å². The maximum absolute atomic E-state index is 13.1. The van der Waals surface area contributed by atoms with Gasteiger partial charge in [-0.3, -0.25) is 9.36 Å². The van der Waals surface area contributed by atoms with Crippen molar-refractivity contribution in [3.63, 3.8) is 0 Å². The van der Waals surface area contributed by atoms with Crippen LogP contribution in [0, 0.1) is 0 Å². The van der Waals surface area contributed by atoms with Gasteiger partial charge in [0.1, 0.15) is 13.2 Å². The van der Waals surface area contributed by atoms with Crippen molar-refractivity contribution in [1.82, 2.24) is 5.32 Å². The first-order valence-electron chi connectivity index (χ1n) is 37.9. The number of rotatable bonds is 72. The lowest BCUT2D eigenvalue weighted by molar-refractivity contribution is -0.870. The van der Waals surface area contributed by atoms with Gasteiger partial charge in [-0.1, -0.05) is 399 Å². The molecule has 1 amide bonds. The molecule has 3 unspecified atom stereocenters. The molecule has 0 rings (SSSR count). The number of amides is 1. The Morgan fingerprint density at radius 2 is 0.590 bits per heavy atom. The number of phosphoric ester groups is 1. The smallest absolute Gasteiger partial charge is 0.268 e. The summed E-state index contributed by atoms with van der Waals surface area (Å²) in [6.07, 6.45) is 83.6. The van der Waals surface area contributed by atoms with Gasteiger partial charge in [0.25, 0.3) is 7.82 Å². The number of hydrogen-bond acceptors (Lipinski definition) is 6. The standard InChI is InChI=1S/C74H151N2O6P/c1-6-8-10-12-14-16-18-20-22-24-26-28-30-31-32-33-34-35-36-37-38-39-40-41-42-43-44-45-46-48-50-52-54-56-58-60-62-64-66-68-74(78)75-72(71-82-83(79,80)81-70-69-76(3,4)5)73(77)67-65-63-61-59-57-55-53-51-49-47-29-27-25-23-21-19-17-15-13-11-9-7-2/h72-73,77H,6-71H2,1-5H3,(H-,75,78,79,80). The number of carbonyl (C=O) groups is 1. The van der Waals surface area contributed by atoms with E-state index in [1.165, 1.54) is 353 Å². The predicted octanol–water partition coefficient (Wildman–Crippen LogP) is 23.7. The molecule has 0 saturated carbocycles. The number of nitrogens with zero attached hydrogens (tertiary/aromatic N) is 1. The Morgan fingerprint density at radius 1 is 0.373 bits per heavy atom. The Balaban J connectivity index is 3.86. The highest BCUT2D eigenvalue weighted by Crippen LogP contribution is 2.38. The molecule has 3 atom stereocenters. The van der Waals surface area contributed by atoms with Gasteiger partial charge in [0.2, 0.25) is 5.91 Å². The maximum atomic E-state index is 13.1. The maximum Gasteiger partial charge on any atom is 0.268 e. The number of aliphatic hydroxyl groups excluding tert-OH is 1. The molecule has 2 N–H and O–H groups in total. The van der Waals surface area contributed by atoms with E-state index in [1.807, 2.05) is 21.1 Å². The monoisotopic (exact) mass is 1200 g/mol. The fourth-order valence-electron chi connectivity index (χ4n) is 12.2. The van der Waals surface area contributed by atoms with Crippen LogP contribution < -0.4 is 10.2 Å². The number of unbranched alkanes of at least 4 members (excludes halogenated alkanes) is 59. The average molecular weight is 1200 g/mol. The minimum Gasteiger partial charge on any atom is -0.756 e. The fraction of sp³-hybridized carbons (Fsp3) is 0.986. The summed E-state index contributed by atoms with van der Waals surface area (Å²) < 4.78 is 23.6. The van der Waals surface area contributed by atoms with Crippen LogP contribution in [0.3, 0.4) is 0 Å². The molecule has 0 bridgehead atoms. The van der Waals surface area contributed by atoms with Crippen LogP contribution in [0.15, 0.2) is 0 Å². The third-order valence-electron chi connectivity index (χ3n) is 18.1. The minimum absolute atomic E-state index is 0.0170. The SMILES string of the molecule is CCCCCCCCCCCCCCCCCCCCCCCCCCCCCCCCCCCCCCCCCC(=O)NC(COP(=O)([O-])OCC[N+](C)(C)C)C(O)CCCCCCCCCCCCCCCCCCCCCCCC. The van der Waals surface area contributed by atoms with Gasteiger partial charge in [0, 0.05) is 6.42 Å². The highest BCUT2D eigenvalue weighted by molar-refractivity contribution is 7.45. The second-order valence-corrected chi connectivity index (χ2v) is 29.1. The van der Waals surface area contributed by atoms with Crippen LogP contribution in [0.5, 0.6) is 0 Å². The first-order valence-corrected chi connectivity index (χ1v) is 39.3. The molecule has 0 aromatic rings. The lowest BCUT2D eigenvalue weighted by atomic mass is 10.0. The minimum atomic E-state index is -4.58. The molecule has 0 spiro atoms. The van der Waals surface area contributed by atoms with Crippen molar-refractivity contribution in [2.45, 2.75) is 431 Å². The molecule has 8 nitrogen and oxygen atoms in total. The van der Waals surface area contributed by atoms with E-state index in [1.54, 1.807) is 0 Å².